The topological polar surface area (TPSA) is 54.4 Å². The van der Waals surface area contributed by atoms with E-state index >= 15 is 0 Å². The molecular weight excluding hydrogens is 336 g/mol. The molecule has 0 aromatic heterocycles. The zero-order chi connectivity index (χ0) is 20.4. The van der Waals surface area contributed by atoms with E-state index in [9.17, 15) is 9.59 Å². The lowest BCUT2D eigenvalue weighted by atomic mass is 9.79. The van der Waals surface area contributed by atoms with Crippen LogP contribution in [0.25, 0.3) is 6.08 Å². The molecule has 2 aromatic carbocycles. The van der Waals surface area contributed by atoms with Gasteiger partial charge in [0.05, 0.1) is 5.56 Å². The average Bonchev–Trinajstić information content (AvgIpc) is 2.58. The van der Waals surface area contributed by atoms with Crippen molar-refractivity contribution in [3.8, 4) is 0 Å². The van der Waals surface area contributed by atoms with E-state index in [2.05, 4.69) is 47.6 Å². The van der Waals surface area contributed by atoms with Crippen LogP contribution in [0.1, 0.15) is 78.9 Å². The lowest BCUT2D eigenvalue weighted by Gasteiger charge is -2.25. The van der Waals surface area contributed by atoms with Gasteiger partial charge >= 0.3 is 5.97 Å². The van der Waals surface area contributed by atoms with Crippen LogP contribution in [0, 0.1) is 0 Å². The molecule has 0 aliphatic rings. The molecule has 0 saturated carbocycles. The van der Waals surface area contributed by atoms with Crippen LogP contribution in [-0.4, -0.2) is 16.9 Å². The zero-order valence-electron chi connectivity index (χ0n) is 17.0. The second kappa shape index (κ2) is 7.51. The predicted molar refractivity (Wildman–Crippen MR) is 111 cm³/mol. The number of rotatable bonds is 4. The van der Waals surface area contributed by atoms with Gasteiger partial charge in [-0.3, -0.25) is 4.79 Å². The molecule has 2 aromatic rings. The molecule has 0 fully saturated rings. The number of aromatic carboxylic acids is 1. The summed E-state index contributed by atoms with van der Waals surface area (Å²) < 4.78 is 0. The Hall–Kier alpha value is -2.68. The molecule has 0 unspecified atom stereocenters. The highest BCUT2D eigenvalue weighted by Crippen LogP contribution is 2.30. The van der Waals surface area contributed by atoms with Crippen LogP contribution in [-0.2, 0) is 10.8 Å². The van der Waals surface area contributed by atoms with Crippen molar-refractivity contribution in [2.24, 2.45) is 0 Å². The van der Waals surface area contributed by atoms with Gasteiger partial charge in [0.25, 0.3) is 0 Å². The Labute approximate surface area is 161 Å². The van der Waals surface area contributed by atoms with Crippen molar-refractivity contribution in [3.05, 3.63) is 76.4 Å². The Morgan fingerprint density at radius 1 is 0.778 bits per heavy atom. The standard InChI is InChI=1S/C24H28O3/c1-23(2,3)19-13-18(14-20(15-19)24(4,5)6)21(25)12-9-16-7-10-17(11-8-16)22(26)27/h7-15H,1-6H3,(H,26,27). The van der Waals surface area contributed by atoms with Crippen molar-refractivity contribution in [1.82, 2.24) is 0 Å². The minimum absolute atomic E-state index is 0.0489. The molecule has 1 N–H and O–H groups in total. The molecule has 0 bridgehead atoms. The highest BCUT2D eigenvalue weighted by molar-refractivity contribution is 6.07. The number of carbonyl (C=O) groups is 2. The Bertz CT molecular complexity index is 841. The fourth-order valence-electron chi connectivity index (χ4n) is 2.64. The van der Waals surface area contributed by atoms with Crippen LogP contribution in [0.4, 0.5) is 0 Å². The van der Waals surface area contributed by atoms with Gasteiger partial charge in [-0.05, 0) is 57.9 Å². The van der Waals surface area contributed by atoms with Gasteiger partial charge in [0.15, 0.2) is 5.78 Å². The van der Waals surface area contributed by atoms with Gasteiger partial charge in [-0.1, -0.05) is 65.8 Å². The first-order valence-corrected chi connectivity index (χ1v) is 9.10. The molecule has 0 spiro atoms. The minimum Gasteiger partial charge on any atom is -0.478 e. The van der Waals surface area contributed by atoms with Gasteiger partial charge < -0.3 is 5.11 Å². The first kappa shape index (κ1) is 20.6. The maximum atomic E-state index is 12.8. The van der Waals surface area contributed by atoms with Crippen LogP contribution in [0.15, 0.2) is 48.5 Å². The summed E-state index contributed by atoms with van der Waals surface area (Å²) in [5, 5.41) is 8.95. The summed E-state index contributed by atoms with van der Waals surface area (Å²) in [6, 6.07) is 12.6. The molecule has 0 heterocycles. The van der Waals surface area contributed by atoms with Gasteiger partial charge in [-0.25, -0.2) is 4.79 Å². The number of hydrogen-bond acceptors (Lipinski definition) is 2. The van der Waals surface area contributed by atoms with E-state index in [0.717, 1.165) is 16.7 Å². The monoisotopic (exact) mass is 364 g/mol. The molecule has 0 aliphatic carbocycles. The lowest BCUT2D eigenvalue weighted by molar-refractivity contribution is 0.0696. The fraction of sp³-hybridized carbons (Fsp3) is 0.333. The molecule has 0 amide bonds. The van der Waals surface area contributed by atoms with Crippen molar-refractivity contribution in [3.63, 3.8) is 0 Å². The van der Waals surface area contributed by atoms with Gasteiger partial charge in [-0.15, -0.1) is 0 Å². The highest BCUT2D eigenvalue weighted by atomic mass is 16.4. The molecule has 0 atom stereocenters. The molecule has 27 heavy (non-hydrogen) atoms. The Morgan fingerprint density at radius 2 is 1.26 bits per heavy atom. The maximum Gasteiger partial charge on any atom is 0.335 e. The number of benzene rings is 2. The molecule has 0 saturated heterocycles. The molecule has 142 valence electrons. The second-order valence-electron chi connectivity index (χ2n) is 8.92. The van der Waals surface area contributed by atoms with Gasteiger partial charge in [0.1, 0.15) is 0 Å². The van der Waals surface area contributed by atoms with Gasteiger partial charge in [-0.2, -0.15) is 0 Å². The summed E-state index contributed by atoms with van der Waals surface area (Å²) in [5.41, 5.74) is 3.86. The van der Waals surface area contributed by atoms with E-state index in [-0.39, 0.29) is 22.2 Å². The Kier molecular flexibility index (Phi) is 5.74. The van der Waals surface area contributed by atoms with Crippen molar-refractivity contribution in [1.29, 1.82) is 0 Å². The van der Waals surface area contributed by atoms with Crippen molar-refractivity contribution in [2.75, 3.05) is 0 Å². The summed E-state index contributed by atoms with van der Waals surface area (Å²) >= 11 is 0. The predicted octanol–water partition coefficient (Wildman–Crippen LogP) is 5.88. The zero-order valence-corrected chi connectivity index (χ0v) is 17.0. The van der Waals surface area contributed by atoms with Crippen molar-refractivity contribution in [2.45, 2.75) is 52.4 Å². The van der Waals surface area contributed by atoms with Crippen LogP contribution < -0.4 is 0 Å². The van der Waals surface area contributed by atoms with Gasteiger partial charge in [0.2, 0.25) is 0 Å². The SMILES string of the molecule is CC(C)(C)c1cc(C(=O)C=Cc2ccc(C(=O)O)cc2)cc(C(C)(C)C)c1. The van der Waals surface area contributed by atoms with E-state index in [1.807, 2.05) is 12.1 Å². The smallest absolute Gasteiger partial charge is 0.335 e. The number of carboxylic acids is 1. The van der Waals surface area contributed by atoms with E-state index in [4.69, 9.17) is 5.11 Å². The third kappa shape index (κ3) is 5.40. The lowest BCUT2D eigenvalue weighted by Crippen LogP contribution is -2.17. The number of allylic oxidation sites excluding steroid dienone is 1. The molecule has 3 heteroatoms. The van der Waals surface area contributed by atoms with Crippen LogP contribution in [0.2, 0.25) is 0 Å². The molecule has 2 rings (SSSR count). The van der Waals surface area contributed by atoms with E-state index < -0.39 is 5.97 Å². The number of hydrogen-bond donors (Lipinski definition) is 1. The summed E-state index contributed by atoms with van der Waals surface area (Å²) in [6.07, 6.45) is 3.26. The fourth-order valence-corrected chi connectivity index (χ4v) is 2.64. The third-order valence-electron chi connectivity index (χ3n) is 4.53. The van der Waals surface area contributed by atoms with Crippen molar-refractivity contribution >= 4 is 17.8 Å². The molecule has 0 radical (unpaired) electrons. The number of carboxylic acid groups (broad SMARTS) is 1. The molecule has 3 nitrogen and oxygen atoms in total. The third-order valence-corrected chi connectivity index (χ3v) is 4.53. The second-order valence-corrected chi connectivity index (χ2v) is 8.92. The molecule has 0 aliphatic heterocycles. The normalized spacial score (nSPS) is 12.4. The Balaban J connectivity index is 2.35. The number of ketones is 1. The molecular formula is C24H28O3. The first-order chi connectivity index (χ1) is 12.4. The van der Waals surface area contributed by atoms with E-state index in [1.54, 1.807) is 24.3 Å². The van der Waals surface area contributed by atoms with Gasteiger partial charge in [0, 0.05) is 5.56 Å². The highest BCUT2D eigenvalue weighted by Gasteiger charge is 2.21. The average molecular weight is 364 g/mol. The van der Waals surface area contributed by atoms with Crippen LogP contribution in [0.5, 0.6) is 0 Å². The maximum absolute atomic E-state index is 12.8. The van der Waals surface area contributed by atoms with E-state index in [1.165, 1.54) is 12.1 Å². The van der Waals surface area contributed by atoms with Crippen LogP contribution >= 0.6 is 0 Å². The van der Waals surface area contributed by atoms with E-state index in [0.29, 0.717) is 5.56 Å². The minimum atomic E-state index is -0.963. The van der Waals surface area contributed by atoms with Crippen molar-refractivity contribution < 1.29 is 14.7 Å². The summed E-state index contributed by atoms with van der Waals surface area (Å²) in [4.78, 5) is 23.7. The largest absolute Gasteiger partial charge is 0.478 e. The summed E-state index contributed by atoms with van der Waals surface area (Å²) in [5.74, 6) is -1.02. The number of carbonyl (C=O) groups excluding carboxylic acids is 1. The summed E-state index contributed by atoms with van der Waals surface area (Å²) in [7, 11) is 0. The first-order valence-electron chi connectivity index (χ1n) is 9.10. The Morgan fingerprint density at radius 3 is 1.67 bits per heavy atom. The quantitative estimate of drug-likeness (QED) is 0.545. The summed E-state index contributed by atoms with van der Waals surface area (Å²) in [6.45, 7) is 12.9. The van der Waals surface area contributed by atoms with Crippen LogP contribution in [0.3, 0.4) is 0 Å².